The molecule has 5 nitrogen and oxygen atoms in total. The predicted octanol–water partition coefficient (Wildman–Crippen LogP) is 2.54. The molecule has 1 aromatic carbocycles. The molecule has 1 aliphatic rings. The third kappa shape index (κ3) is 4.12. The van der Waals surface area contributed by atoms with Gasteiger partial charge in [-0.2, -0.15) is 0 Å². The number of rotatable bonds is 5. The Labute approximate surface area is 146 Å². The van der Waals surface area contributed by atoms with Gasteiger partial charge in [0.15, 0.2) is 0 Å². The van der Waals surface area contributed by atoms with Crippen LogP contribution in [0.15, 0.2) is 48.8 Å². The second-order valence-electron chi connectivity index (χ2n) is 5.64. The summed E-state index contributed by atoms with van der Waals surface area (Å²) in [5.74, 6) is -0.131. The smallest absolute Gasteiger partial charge is 0.252 e. The highest BCUT2D eigenvalue weighted by Crippen LogP contribution is 2.27. The molecule has 126 valence electrons. The van der Waals surface area contributed by atoms with Crippen molar-refractivity contribution in [2.75, 3.05) is 32.8 Å². The average molecular weight is 346 g/mol. The van der Waals surface area contributed by atoms with Crippen molar-refractivity contribution in [2.45, 2.75) is 6.04 Å². The Balaban J connectivity index is 1.75. The Morgan fingerprint density at radius 2 is 2.04 bits per heavy atom. The van der Waals surface area contributed by atoms with Crippen LogP contribution in [0.1, 0.15) is 22.0 Å². The first-order valence-corrected chi connectivity index (χ1v) is 8.38. The molecule has 1 unspecified atom stereocenters. The summed E-state index contributed by atoms with van der Waals surface area (Å²) in [4.78, 5) is 18.6. The first-order chi connectivity index (χ1) is 11.8. The number of ether oxygens (including phenoxy) is 1. The molecule has 2 aromatic rings. The van der Waals surface area contributed by atoms with Crippen LogP contribution in [0.2, 0.25) is 5.02 Å². The monoisotopic (exact) mass is 345 g/mol. The highest BCUT2D eigenvalue weighted by atomic mass is 35.5. The van der Waals surface area contributed by atoms with E-state index in [1.165, 1.54) is 0 Å². The van der Waals surface area contributed by atoms with E-state index >= 15 is 0 Å². The number of carbonyl (C=O) groups excluding carboxylic acids is 1. The summed E-state index contributed by atoms with van der Waals surface area (Å²) in [5.41, 5.74) is 1.57. The number of morpholine rings is 1. The van der Waals surface area contributed by atoms with Gasteiger partial charge in [0.05, 0.1) is 24.8 Å². The SMILES string of the molecule is O=C(NCC(c1ccccc1Cl)N1CCOCC1)c1cccnc1. The fourth-order valence-electron chi connectivity index (χ4n) is 2.86. The second-order valence-corrected chi connectivity index (χ2v) is 6.04. The first-order valence-electron chi connectivity index (χ1n) is 8.00. The van der Waals surface area contributed by atoms with E-state index in [1.54, 1.807) is 24.5 Å². The first kappa shape index (κ1) is 16.9. The number of aromatic nitrogens is 1. The molecular weight excluding hydrogens is 326 g/mol. The van der Waals surface area contributed by atoms with Gasteiger partial charge in [-0.05, 0) is 23.8 Å². The topological polar surface area (TPSA) is 54.5 Å². The summed E-state index contributed by atoms with van der Waals surface area (Å²) < 4.78 is 5.44. The zero-order valence-corrected chi connectivity index (χ0v) is 14.1. The van der Waals surface area contributed by atoms with Crippen LogP contribution in [0.5, 0.6) is 0 Å². The van der Waals surface area contributed by atoms with Crippen molar-refractivity contribution in [2.24, 2.45) is 0 Å². The lowest BCUT2D eigenvalue weighted by Gasteiger charge is -2.35. The van der Waals surface area contributed by atoms with Crippen molar-refractivity contribution in [1.82, 2.24) is 15.2 Å². The van der Waals surface area contributed by atoms with E-state index in [1.807, 2.05) is 24.3 Å². The summed E-state index contributed by atoms with van der Waals surface area (Å²) in [6, 6.07) is 11.3. The van der Waals surface area contributed by atoms with Gasteiger partial charge >= 0.3 is 0 Å². The number of pyridine rings is 1. The number of hydrogen-bond acceptors (Lipinski definition) is 4. The van der Waals surface area contributed by atoms with Gasteiger partial charge < -0.3 is 10.1 Å². The Morgan fingerprint density at radius 1 is 1.25 bits per heavy atom. The number of benzene rings is 1. The molecule has 1 atom stereocenters. The lowest BCUT2D eigenvalue weighted by Crippen LogP contribution is -2.44. The maximum Gasteiger partial charge on any atom is 0.252 e. The van der Waals surface area contributed by atoms with Crippen molar-refractivity contribution in [3.63, 3.8) is 0 Å². The number of halogens is 1. The van der Waals surface area contributed by atoms with Crippen molar-refractivity contribution in [3.05, 3.63) is 64.9 Å². The standard InChI is InChI=1S/C18H20ClN3O2/c19-16-6-2-1-5-15(16)17(22-8-10-24-11-9-22)13-21-18(23)14-4-3-7-20-12-14/h1-7,12,17H,8-11,13H2,(H,21,23). The molecule has 0 radical (unpaired) electrons. The number of amides is 1. The zero-order chi connectivity index (χ0) is 16.8. The van der Waals surface area contributed by atoms with Crippen LogP contribution in [-0.2, 0) is 4.74 Å². The van der Waals surface area contributed by atoms with Crippen LogP contribution in [-0.4, -0.2) is 48.6 Å². The van der Waals surface area contributed by atoms with E-state index in [9.17, 15) is 4.79 Å². The number of nitrogens with zero attached hydrogens (tertiary/aromatic N) is 2. The third-order valence-corrected chi connectivity index (χ3v) is 4.47. The fourth-order valence-corrected chi connectivity index (χ4v) is 3.12. The van der Waals surface area contributed by atoms with Crippen LogP contribution >= 0.6 is 11.6 Å². The molecule has 1 fully saturated rings. The van der Waals surface area contributed by atoms with E-state index in [2.05, 4.69) is 15.2 Å². The molecule has 1 saturated heterocycles. The minimum atomic E-state index is -0.131. The fraction of sp³-hybridized carbons (Fsp3) is 0.333. The zero-order valence-electron chi connectivity index (χ0n) is 13.3. The molecule has 0 spiro atoms. The van der Waals surface area contributed by atoms with E-state index in [0.29, 0.717) is 30.3 Å². The van der Waals surface area contributed by atoms with Crippen LogP contribution < -0.4 is 5.32 Å². The van der Waals surface area contributed by atoms with E-state index < -0.39 is 0 Å². The van der Waals surface area contributed by atoms with Gasteiger partial charge in [0.1, 0.15) is 0 Å². The number of carbonyl (C=O) groups is 1. The Morgan fingerprint density at radius 3 is 2.75 bits per heavy atom. The molecule has 6 heteroatoms. The van der Waals surface area contributed by atoms with Gasteiger partial charge in [-0.3, -0.25) is 14.7 Å². The lowest BCUT2D eigenvalue weighted by molar-refractivity contribution is 0.0162. The number of nitrogens with one attached hydrogen (secondary N) is 1. The molecule has 1 aliphatic heterocycles. The van der Waals surface area contributed by atoms with E-state index in [4.69, 9.17) is 16.3 Å². The highest BCUT2D eigenvalue weighted by Gasteiger charge is 2.25. The van der Waals surface area contributed by atoms with Gasteiger partial charge in [0.2, 0.25) is 0 Å². The Bertz CT molecular complexity index is 675. The van der Waals surface area contributed by atoms with Crippen LogP contribution in [0.3, 0.4) is 0 Å². The molecule has 1 aromatic heterocycles. The van der Waals surface area contributed by atoms with E-state index in [0.717, 1.165) is 18.7 Å². The van der Waals surface area contributed by atoms with Gasteiger partial charge in [-0.15, -0.1) is 0 Å². The van der Waals surface area contributed by atoms with E-state index in [-0.39, 0.29) is 11.9 Å². The normalized spacial score (nSPS) is 16.5. The van der Waals surface area contributed by atoms with Crippen molar-refractivity contribution in [1.29, 1.82) is 0 Å². The van der Waals surface area contributed by atoms with Gasteiger partial charge in [0.25, 0.3) is 5.91 Å². The Hall–Kier alpha value is -1.95. The molecule has 0 saturated carbocycles. The summed E-state index contributed by atoms with van der Waals surface area (Å²) >= 11 is 6.39. The molecule has 0 aliphatic carbocycles. The maximum absolute atomic E-state index is 12.3. The molecular formula is C18H20ClN3O2. The Kier molecular flexibility index (Phi) is 5.80. The summed E-state index contributed by atoms with van der Waals surface area (Å²) in [5, 5.41) is 3.71. The lowest BCUT2D eigenvalue weighted by atomic mass is 10.0. The average Bonchev–Trinajstić information content (AvgIpc) is 2.65. The van der Waals surface area contributed by atoms with Crippen LogP contribution in [0.4, 0.5) is 0 Å². The molecule has 1 N–H and O–H groups in total. The van der Waals surface area contributed by atoms with Crippen LogP contribution in [0.25, 0.3) is 0 Å². The second kappa shape index (κ2) is 8.24. The largest absolute Gasteiger partial charge is 0.379 e. The van der Waals surface area contributed by atoms with Crippen molar-refractivity contribution >= 4 is 17.5 Å². The van der Waals surface area contributed by atoms with Gasteiger partial charge in [-0.1, -0.05) is 29.8 Å². The quantitative estimate of drug-likeness (QED) is 0.904. The summed E-state index contributed by atoms with van der Waals surface area (Å²) in [6.45, 7) is 3.50. The third-order valence-electron chi connectivity index (χ3n) is 4.13. The minimum Gasteiger partial charge on any atom is -0.379 e. The highest BCUT2D eigenvalue weighted by molar-refractivity contribution is 6.31. The van der Waals surface area contributed by atoms with Crippen molar-refractivity contribution < 1.29 is 9.53 Å². The summed E-state index contributed by atoms with van der Waals surface area (Å²) in [6.07, 6.45) is 3.21. The molecule has 24 heavy (non-hydrogen) atoms. The number of hydrogen-bond donors (Lipinski definition) is 1. The van der Waals surface area contributed by atoms with Gasteiger partial charge in [-0.25, -0.2) is 0 Å². The minimum absolute atomic E-state index is 0.0169. The molecule has 2 heterocycles. The van der Waals surface area contributed by atoms with Gasteiger partial charge in [0, 0.05) is 37.1 Å². The summed E-state index contributed by atoms with van der Waals surface area (Å²) in [7, 11) is 0. The van der Waals surface area contributed by atoms with Crippen molar-refractivity contribution in [3.8, 4) is 0 Å². The van der Waals surface area contributed by atoms with Crippen LogP contribution in [0, 0.1) is 0 Å². The maximum atomic E-state index is 12.3. The molecule has 0 bridgehead atoms. The predicted molar refractivity (Wildman–Crippen MR) is 93.2 cm³/mol. The molecule has 1 amide bonds. The molecule has 3 rings (SSSR count).